The Morgan fingerprint density at radius 2 is 1.96 bits per heavy atom. The van der Waals surface area contributed by atoms with Crippen LogP contribution in [0.25, 0.3) is 6.08 Å². The lowest BCUT2D eigenvalue weighted by molar-refractivity contribution is -0.111. The van der Waals surface area contributed by atoms with Crippen molar-refractivity contribution in [2.24, 2.45) is 0 Å². The first-order valence-electron chi connectivity index (χ1n) is 7.26. The van der Waals surface area contributed by atoms with Gasteiger partial charge in [0.1, 0.15) is 5.75 Å². The van der Waals surface area contributed by atoms with Crippen LogP contribution in [0.1, 0.15) is 18.9 Å². The average molecular weight is 317 g/mol. The molecule has 0 unspecified atom stereocenters. The first kappa shape index (κ1) is 16.7. The van der Waals surface area contributed by atoms with Gasteiger partial charge in [0.25, 0.3) is 0 Å². The Bertz CT molecular complexity index is 714. The van der Waals surface area contributed by atoms with Gasteiger partial charge in [-0.1, -0.05) is 25.1 Å². The number of anilines is 1. The minimum atomic E-state index is -1.01. The van der Waals surface area contributed by atoms with Crippen molar-refractivity contribution in [2.75, 3.05) is 11.9 Å². The van der Waals surface area contributed by atoms with E-state index >= 15 is 0 Å². The summed E-state index contributed by atoms with van der Waals surface area (Å²) in [5.74, 6) is -1.72. The summed E-state index contributed by atoms with van der Waals surface area (Å²) in [6.07, 6.45) is 3.81. The Labute approximate surface area is 133 Å². The summed E-state index contributed by atoms with van der Waals surface area (Å²) in [6.45, 7) is 2.60. The minimum Gasteiger partial charge on any atom is -0.493 e. The van der Waals surface area contributed by atoms with Gasteiger partial charge in [0.2, 0.25) is 5.91 Å². The second-order valence-electron chi connectivity index (χ2n) is 4.84. The molecule has 0 saturated heterocycles. The summed E-state index contributed by atoms with van der Waals surface area (Å²) in [7, 11) is 0. The van der Waals surface area contributed by atoms with E-state index < -0.39 is 17.5 Å². The quantitative estimate of drug-likeness (QED) is 0.802. The van der Waals surface area contributed by atoms with Gasteiger partial charge in [-0.2, -0.15) is 0 Å². The van der Waals surface area contributed by atoms with E-state index in [9.17, 15) is 13.6 Å². The SMILES string of the molecule is CCCOc1ccccc1/C=C/C(=O)Nc1ccc(F)c(F)c1. The van der Waals surface area contributed by atoms with E-state index in [2.05, 4.69) is 5.32 Å². The molecule has 0 bridgehead atoms. The summed E-state index contributed by atoms with van der Waals surface area (Å²) in [6, 6.07) is 10.5. The standard InChI is InChI=1S/C18H17F2NO2/c1-2-11-23-17-6-4-3-5-13(17)7-10-18(22)21-14-8-9-15(19)16(20)12-14/h3-10,12H,2,11H2,1H3,(H,21,22)/b10-7+. The van der Waals surface area contributed by atoms with Crippen LogP contribution in [0.4, 0.5) is 14.5 Å². The molecule has 5 heteroatoms. The molecule has 1 N–H and O–H groups in total. The van der Waals surface area contributed by atoms with Gasteiger partial charge >= 0.3 is 0 Å². The smallest absolute Gasteiger partial charge is 0.248 e. The van der Waals surface area contributed by atoms with Crippen molar-refractivity contribution in [1.29, 1.82) is 0 Å². The van der Waals surface area contributed by atoms with E-state index in [-0.39, 0.29) is 5.69 Å². The monoisotopic (exact) mass is 317 g/mol. The molecule has 0 atom stereocenters. The summed E-state index contributed by atoms with van der Waals surface area (Å²) >= 11 is 0. The van der Waals surface area contributed by atoms with E-state index in [4.69, 9.17) is 4.74 Å². The van der Waals surface area contributed by atoms with E-state index in [0.717, 1.165) is 24.1 Å². The second-order valence-corrected chi connectivity index (χ2v) is 4.84. The molecule has 0 saturated carbocycles. The minimum absolute atomic E-state index is 0.189. The predicted molar refractivity (Wildman–Crippen MR) is 86.2 cm³/mol. The first-order valence-corrected chi connectivity index (χ1v) is 7.26. The highest BCUT2D eigenvalue weighted by molar-refractivity contribution is 6.02. The Kier molecular flexibility index (Phi) is 5.86. The fraction of sp³-hybridized carbons (Fsp3) is 0.167. The van der Waals surface area contributed by atoms with Gasteiger partial charge in [-0.05, 0) is 30.7 Å². The zero-order chi connectivity index (χ0) is 16.7. The van der Waals surface area contributed by atoms with Gasteiger partial charge < -0.3 is 10.1 Å². The van der Waals surface area contributed by atoms with Gasteiger partial charge in [0.05, 0.1) is 6.61 Å². The van der Waals surface area contributed by atoms with Crippen molar-refractivity contribution in [3.63, 3.8) is 0 Å². The molecule has 0 aliphatic rings. The van der Waals surface area contributed by atoms with E-state index in [1.165, 1.54) is 12.1 Å². The summed E-state index contributed by atoms with van der Waals surface area (Å²) in [5, 5.41) is 2.47. The van der Waals surface area contributed by atoms with Gasteiger partial charge in [-0.15, -0.1) is 0 Å². The number of para-hydroxylation sites is 1. The second kappa shape index (κ2) is 8.08. The number of rotatable bonds is 6. The fourth-order valence-electron chi connectivity index (χ4n) is 1.88. The zero-order valence-electron chi connectivity index (χ0n) is 12.7. The molecule has 3 nitrogen and oxygen atoms in total. The van der Waals surface area contributed by atoms with Crippen LogP contribution in [0.2, 0.25) is 0 Å². The van der Waals surface area contributed by atoms with E-state index in [1.807, 2.05) is 31.2 Å². The van der Waals surface area contributed by atoms with Crippen LogP contribution in [0.3, 0.4) is 0 Å². The molecular formula is C18H17F2NO2. The fourth-order valence-corrected chi connectivity index (χ4v) is 1.88. The number of amides is 1. The maximum Gasteiger partial charge on any atom is 0.248 e. The Balaban J connectivity index is 2.04. The lowest BCUT2D eigenvalue weighted by Gasteiger charge is -2.07. The Morgan fingerprint density at radius 3 is 2.70 bits per heavy atom. The first-order chi connectivity index (χ1) is 11.1. The Morgan fingerprint density at radius 1 is 1.17 bits per heavy atom. The van der Waals surface area contributed by atoms with Crippen LogP contribution < -0.4 is 10.1 Å². The normalized spacial score (nSPS) is 10.7. The van der Waals surface area contributed by atoms with E-state index in [0.29, 0.717) is 12.4 Å². The number of nitrogens with one attached hydrogen (secondary N) is 1. The van der Waals surface area contributed by atoms with Crippen molar-refractivity contribution in [2.45, 2.75) is 13.3 Å². The number of benzene rings is 2. The largest absolute Gasteiger partial charge is 0.493 e. The number of carbonyl (C=O) groups is 1. The average Bonchev–Trinajstić information content (AvgIpc) is 2.55. The predicted octanol–water partition coefficient (Wildman–Crippen LogP) is 4.41. The molecule has 2 aromatic rings. The molecule has 2 aromatic carbocycles. The van der Waals surface area contributed by atoms with Crippen LogP contribution in [0, 0.1) is 11.6 Å². The summed E-state index contributed by atoms with van der Waals surface area (Å²) in [4.78, 5) is 11.9. The highest BCUT2D eigenvalue weighted by Gasteiger charge is 2.05. The van der Waals surface area contributed by atoms with E-state index in [1.54, 1.807) is 6.08 Å². The molecule has 0 radical (unpaired) electrons. The Hall–Kier alpha value is -2.69. The maximum absolute atomic E-state index is 13.1. The number of ether oxygens (including phenoxy) is 1. The number of halogens is 2. The number of carbonyl (C=O) groups excluding carboxylic acids is 1. The molecular weight excluding hydrogens is 300 g/mol. The van der Waals surface area contributed by atoms with Gasteiger partial charge in [-0.3, -0.25) is 4.79 Å². The van der Waals surface area contributed by atoms with Gasteiger partial charge in [0, 0.05) is 23.4 Å². The molecule has 1 amide bonds. The van der Waals surface area contributed by atoms with Crippen molar-refractivity contribution < 1.29 is 18.3 Å². The van der Waals surface area contributed by atoms with Crippen molar-refractivity contribution >= 4 is 17.7 Å². The van der Waals surface area contributed by atoms with Crippen LogP contribution >= 0.6 is 0 Å². The molecule has 120 valence electrons. The number of hydrogen-bond acceptors (Lipinski definition) is 2. The molecule has 0 aliphatic heterocycles. The van der Waals surface area contributed by atoms with Crippen LogP contribution in [-0.4, -0.2) is 12.5 Å². The third-order valence-electron chi connectivity index (χ3n) is 2.98. The summed E-state index contributed by atoms with van der Waals surface area (Å²) < 4.78 is 31.5. The van der Waals surface area contributed by atoms with Crippen molar-refractivity contribution in [1.82, 2.24) is 0 Å². The zero-order valence-corrected chi connectivity index (χ0v) is 12.7. The molecule has 0 spiro atoms. The molecule has 0 fully saturated rings. The molecule has 2 rings (SSSR count). The maximum atomic E-state index is 13.1. The van der Waals surface area contributed by atoms with Crippen LogP contribution in [0.15, 0.2) is 48.5 Å². The van der Waals surface area contributed by atoms with Crippen LogP contribution in [0.5, 0.6) is 5.75 Å². The van der Waals surface area contributed by atoms with Crippen molar-refractivity contribution in [3.05, 3.63) is 65.7 Å². The van der Waals surface area contributed by atoms with Crippen molar-refractivity contribution in [3.8, 4) is 5.75 Å². The van der Waals surface area contributed by atoms with Crippen LogP contribution in [-0.2, 0) is 4.79 Å². The molecule has 23 heavy (non-hydrogen) atoms. The lowest BCUT2D eigenvalue weighted by Crippen LogP contribution is -2.08. The molecule has 0 aliphatic carbocycles. The topological polar surface area (TPSA) is 38.3 Å². The highest BCUT2D eigenvalue weighted by Crippen LogP contribution is 2.20. The summed E-state index contributed by atoms with van der Waals surface area (Å²) in [5.41, 5.74) is 0.954. The highest BCUT2D eigenvalue weighted by atomic mass is 19.2. The third kappa shape index (κ3) is 4.92. The number of hydrogen-bond donors (Lipinski definition) is 1. The molecule has 0 aromatic heterocycles. The van der Waals surface area contributed by atoms with Gasteiger partial charge in [0.15, 0.2) is 11.6 Å². The van der Waals surface area contributed by atoms with Gasteiger partial charge in [-0.25, -0.2) is 8.78 Å². The molecule has 0 heterocycles. The lowest BCUT2D eigenvalue weighted by atomic mass is 10.2. The third-order valence-corrected chi connectivity index (χ3v) is 2.98.